The third-order valence-electron chi connectivity index (χ3n) is 5.06. The summed E-state index contributed by atoms with van der Waals surface area (Å²) in [6.45, 7) is 5.40. The van der Waals surface area contributed by atoms with E-state index in [0.717, 1.165) is 16.3 Å². The largest absolute Gasteiger partial charge is 0.460 e. The highest BCUT2D eigenvalue weighted by molar-refractivity contribution is 7.89. The van der Waals surface area contributed by atoms with Crippen molar-refractivity contribution in [2.45, 2.75) is 50.3 Å². The number of likely N-dealkylation sites (N-methyl/N-ethyl adjacent to an activating group) is 1. The van der Waals surface area contributed by atoms with E-state index in [0.29, 0.717) is 0 Å². The Kier molecular flexibility index (Phi) is 7.74. The van der Waals surface area contributed by atoms with Crippen LogP contribution in [-0.4, -0.2) is 43.9 Å². The number of nitrogens with zero attached hydrogens (tertiary/aromatic N) is 1. The summed E-state index contributed by atoms with van der Waals surface area (Å²) in [6, 6.07) is 20.1. The van der Waals surface area contributed by atoms with Gasteiger partial charge in [0.25, 0.3) is 0 Å². The maximum absolute atomic E-state index is 13.3. The Hall–Kier alpha value is -3.23. The first-order chi connectivity index (χ1) is 15.9. The summed E-state index contributed by atoms with van der Waals surface area (Å²) in [6.07, 6.45) is -0.429. The van der Waals surface area contributed by atoms with Crippen LogP contribution in [0.1, 0.15) is 32.8 Å². The van der Waals surface area contributed by atoms with Gasteiger partial charge in [-0.3, -0.25) is 9.59 Å². The van der Waals surface area contributed by atoms with Gasteiger partial charge in [-0.05, 0) is 49.2 Å². The van der Waals surface area contributed by atoms with E-state index in [4.69, 9.17) is 4.74 Å². The predicted octanol–water partition coefficient (Wildman–Crippen LogP) is 3.88. The van der Waals surface area contributed by atoms with E-state index in [-0.39, 0.29) is 11.4 Å². The standard InChI is InChI=1S/C26H30N2O5S/c1-26(2,3)33-24(29)17-23(25(30)28(4)18-19-10-6-5-7-11-19)27-34(31,32)22-15-14-20-12-8-9-13-21(20)16-22/h5-16,23,27H,17-18H2,1-4H3/t23-/m0/s1. The van der Waals surface area contributed by atoms with Crippen molar-refractivity contribution in [1.82, 2.24) is 9.62 Å². The average molecular weight is 483 g/mol. The lowest BCUT2D eigenvalue weighted by molar-refractivity contribution is -0.157. The summed E-state index contributed by atoms with van der Waals surface area (Å²) in [5.74, 6) is -1.20. The van der Waals surface area contributed by atoms with Crippen molar-refractivity contribution in [2.75, 3.05) is 7.05 Å². The molecule has 0 saturated carbocycles. The van der Waals surface area contributed by atoms with Crippen molar-refractivity contribution in [3.8, 4) is 0 Å². The zero-order valence-corrected chi connectivity index (χ0v) is 20.6. The first-order valence-corrected chi connectivity index (χ1v) is 12.4. The van der Waals surface area contributed by atoms with Crippen LogP contribution in [0.2, 0.25) is 0 Å². The van der Waals surface area contributed by atoms with E-state index >= 15 is 0 Å². The third-order valence-corrected chi connectivity index (χ3v) is 6.53. The van der Waals surface area contributed by atoms with Gasteiger partial charge < -0.3 is 9.64 Å². The van der Waals surface area contributed by atoms with Crippen LogP contribution < -0.4 is 4.72 Å². The molecule has 3 rings (SSSR count). The molecule has 0 radical (unpaired) electrons. The van der Waals surface area contributed by atoms with E-state index in [1.54, 1.807) is 40.0 Å². The Morgan fingerprint density at radius 1 is 0.941 bits per heavy atom. The van der Waals surface area contributed by atoms with Crippen molar-refractivity contribution in [3.05, 3.63) is 78.4 Å². The van der Waals surface area contributed by atoms with Crippen molar-refractivity contribution in [1.29, 1.82) is 0 Å². The fourth-order valence-electron chi connectivity index (χ4n) is 3.52. The van der Waals surface area contributed by atoms with Crippen LogP contribution in [0.4, 0.5) is 0 Å². The van der Waals surface area contributed by atoms with Crippen LogP contribution in [-0.2, 0) is 30.9 Å². The molecule has 1 atom stereocenters. The van der Waals surface area contributed by atoms with Gasteiger partial charge in [0.05, 0.1) is 11.3 Å². The van der Waals surface area contributed by atoms with Gasteiger partial charge in [0.2, 0.25) is 15.9 Å². The van der Waals surface area contributed by atoms with E-state index in [1.807, 2.05) is 54.6 Å². The van der Waals surface area contributed by atoms with Gasteiger partial charge >= 0.3 is 5.97 Å². The normalized spacial score (nSPS) is 12.8. The molecule has 1 N–H and O–H groups in total. The third kappa shape index (κ3) is 6.88. The number of benzene rings is 3. The molecule has 0 aliphatic heterocycles. The highest BCUT2D eigenvalue weighted by Gasteiger charge is 2.32. The topological polar surface area (TPSA) is 92.8 Å². The summed E-state index contributed by atoms with van der Waals surface area (Å²) in [5.41, 5.74) is 0.115. The van der Waals surface area contributed by atoms with Crippen molar-refractivity contribution in [2.24, 2.45) is 0 Å². The summed E-state index contributed by atoms with van der Waals surface area (Å²) < 4.78 is 34.2. The van der Waals surface area contributed by atoms with E-state index in [9.17, 15) is 18.0 Å². The Morgan fingerprint density at radius 3 is 2.21 bits per heavy atom. The Bertz CT molecular complexity index is 1270. The second-order valence-corrected chi connectivity index (χ2v) is 10.9. The number of amides is 1. The first kappa shape index (κ1) is 25.4. The molecule has 0 spiro atoms. The van der Waals surface area contributed by atoms with Crippen molar-refractivity contribution >= 4 is 32.7 Å². The molecule has 0 aromatic heterocycles. The highest BCUT2D eigenvalue weighted by Crippen LogP contribution is 2.20. The molecular weight excluding hydrogens is 452 g/mol. The molecule has 3 aromatic rings. The Labute approximate surface area is 200 Å². The molecule has 0 heterocycles. The van der Waals surface area contributed by atoms with Gasteiger partial charge in [-0.1, -0.05) is 60.7 Å². The van der Waals surface area contributed by atoms with Gasteiger partial charge in [0.15, 0.2) is 0 Å². The maximum atomic E-state index is 13.3. The van der Waals surface area contributed by atoms with Crippen LogP contribution in [0.15, 0.2) is 77.7 Å². The Morgan fingerprint density at radius 2 is 1.56 bits per heavy atom. The average Bonchev–Trinajstić information content (AvgIpc) is 2.77. The number of rotatable bonds is 8. The number of fused-ring (bicyclic) bond motifs is 1. The summed E-state index contributed by atoms with van der Waals surface area (Å²) in [7, 11) is -2.53. The van der Waals surface area contributed by atoms with E-state index in [1.165, 1.54) is 11.0 Å². The minimum Gasteiger partial charge on any atom is -0.460 e. The summed E-state index contributed by atoms with van der Waals surface area (Å²) in [5, 5.41) is 1.65. The lowest BCUT2D eigenvalue weighted by atomic mass is 10.1. The molecule has 8 heteroatoms. The Balaban J connectivity index is 1.86. The molecule has 3 aromatic carbocycles. The van der Waals surface area contributed by atoms with Crippen LogP contribution in [0, 0.1) is 0 Å². The first-order valence-electron chi connectivity index (χ1n) is 11.0. The molecule has 0 saturated heterocycles. The van der Waals surface area contributed by atoms with Crippen LogP contribution in [0.3, 0.4) is 0 Å². The summed E-state index contributed by atoms with van der Waals surface area (Å²) in [4.78, 5) is 27.2. The molecule has 0 fully saturated rings. The van der Waals surface area contributed by atoms with Crippen LogP contribution in [0.5, 0.6) is 0 Å². The lowest BCUT2D eigenvalue weighted by Crippen LogP contribution is -2.48. The predicted molar refractivity (Wildman–Crippen MR) is 131 cm³/mol. The van der Waals surface area contributed by atoms with E-state index < -0.39 is 40.0 Å². The molecule has 0 aliphatic carbocycles. The minimum atomic E-state index is -4.10. The van der Waals surface area contributed by atoms with E-state index in [2.05, 4.69) is 4.72 Å². The van der Waals surface area contributed by atoms with Crippen molar-refractivity contribution < 1.29 is 22.7 Å². The fourth-order valence-corrected chi connectivity index (χ4v) is 4.74. The molecule has 180 valence electrons. The molecular formula is C26H30N2O5S. The zero-order chi connectivity index (χ0) is 24.9. The number of hydrogen-bond donors (Lipinski definition) is 1. The second-order valence-electron chi connectivity index (χ2n) is 9.15. The molecule has 0 aliphatic rings. The number of ether oxygens (including phenoxy) is 1. The molecule has 34 heavy (non-hydrogen) atoms. The SMILES string of the molecule is CN(Cc1ccccc1)C(=O)[C@H](CC(=O)OC(C)(C)C)NS(=O)(=O)c1ccc2ccccc2c1. The van der Waals surface area contributed by atoms with Gasteiger partial charge in [-0.25, -0.2) is 8.42 Å². The van der Waals surface area contributed by atoms with Gasteiger partial charge in [-0.15, -0.1) is 0 Å². The second kappa shape index (κ2) is 10.4. The number of sulfonamides is 1. The number of carbonyl (C=O) groups excluding carboxylic acids is 2. The quantitative estimate of drug-likeness (QED) is 0.492. The fraction of sp³-hybridized carbons (Fsp3) is 0.308. The molecule has 0 unspecified atom stereocenters. The van der Waals surface area contributed by atoms with Crippen LogP contribution >= 0.6 is 0 Å². The van der Waals surface area contributed by atoms with Gasteiger partial charge in [-0.2, -0.15) is 4.72 Å². The zero-order valence-electron chi connectivity index (χ0n) is 19.8. The number of carbonyl (C=O) groups is 2. The summed E-state index contributed by atoms with van der Waals surface area (Å²) >= 11 is 0. The molecule has 0 bridgehead atoms. The number of nitrogens with one attached hydrogen (secondary N) is 1. The smallest absolute Gasteiger partial charge is 0.308 e. The molecule has 7 nitrogen and oxygen atoms in total. The monoisotopic (exact) mass is 482 g/mol. The van der Waals surface area contributed by atoms with Gasteiger partial charge in [0.1, 0.15) is 11.6 Å². The minimum absolute atomic E-state index is 0.0129. The van der Waals surface area contributed by atoms with Gasteiger partial charge in [0, 0.05) is 13.6 Å². The number of hydrogen-bond acceptors (Lipinski definition) is 5. The maximum Gasteiger partial charge on any atom is 0.308 e. The highest BCUT2D eigenvalue weighted by atomic mass is 32.2. The molecule has 1 amide bonds. The lowest BCUT2D eigenvalue weighted by Gasteiger charge is -2.26. The van der Waals surface area contributed by atoms with Crippen molar-refractivity contribution in [3.63, 3.8) is 0 Å². The van der Waals surface area contributed by atoms with Crippen LogP contribution in [0.25, 0.3) is 10.8 Å². The number of esters is 1.